The van der Waals surface area contributed by atoms with Gasteiger partial charge in [-0.2, -0.15) is 0 Å². The maximum Gasteiger partial charge on any atom is 0.497 e. The first-order valence-electron chi connectivity index (χ1n) is 6.72. The summed E-state index contributed by atoms with van der Waals surface area (Å²) < 4.78 is 22.0. The van der Waals surface area contributed by atoms with Crippen LogP contribution in [0.15, 0.2) is 12.7 Å². The highest BCUT2D eigenvalue weighted by Gasteiger charge is 2.35. The Bertz CT molecular complexity index is 264. The van der Waals surface area contributed by atoms with Crippen molar-refractivity contribution in [3.05, 3.63) is 12.7 Å². The summed E-state index contributed by atoms with van der Waals surface area (Å²) in [5, 5.41) is 0. The lowest BCUT2D eigenvalue weighted by atomic mass is 10.2. The second kappa shape index (κ2) is 10.1. The maximum atomic E-state index is 10.9. The molecule has 0 saturated carbocycles. The zero-order valence-electron chi connectivity index (χ0n) is 12.4. The van der Waals surface area contributed by atoms with Gasteiger partial charge in [-0.25, -0.2) is 4.79 Å². The Balaban J connectivity index is 3.95. The molecule has 0 aromatic rings. The Hall–Kier alpha value is -0.693. The largest absolute Gasteiger partial charge is 0.497 e. The molecule has 0 fully saturated rings. The Morgan fingerprint density at radius 2 is 1.89 bits per heavy atom. The molecular weight excluding hydrogens is 264 g/mol. The van der Waals surface area contributed by atoms with Crippen LogP contribution in [0.5, 0.6) is 0 Å². The summed E-state index contributed by atoms with van der Waals surface area (Å²) in [6, 6.07) is 0. The van der Waals surface area contributed by atoms with Gasteiger partial charge in [0.05, 0.1) is 6.61 Å². The summed E-state index contributed by atoms with van der Waals surface area (Å²) in [5.74, 6) is -0.392. The molecular formula is C13H26O5Si. The zero-order valence-corrected chi connectivity index (χ0v) is 13.4. The van der Waals surface area contributed by atoms with Crippen molar-refractivity contribution in [2.75, 3.05) is 19.8 Å². The van der Waals surface area contributed by atoms with Crippen LogP contribution in [-0.4, -0.2) is 40.7 Å². The smallest absolute Gasteiger partial charge is 0.463 e. The zero-order chi connectivity index (χ0) is 14.7. The summed E-state index contributed by atoms with van der Waals surface area (Å²) >= 11 is 0. The molecule has 19 heavy (non-hydrogen) atoms. The molecule has 0 aliphatic carbocycles. The van der Waals surface area contributed by atoms with E-state index in [0.29, 0.717) is 19.8 Å². The van der Waals surface area contributed by atoms with Crippen molar-refractivity contribution in [2.45, 2.75) is 46.3 Å². The minimum atomic E-state index is -2.53. The van der Waals surface area contributed by atoms with Crippen molar-refractivity contribution in [3.63, 3.8) is 0 Å². The quantitative estimate of drug-likeness (QED) is 0.253. The van der Waals surface area contributed by atoms with Gasteiger partial charge in [-0.05, 0) is 33.6 Å². The molecule has 0 N–H and O–H groups in total. The van der Waals surface area contributed by atoms with Gasteiger partial charge in [-0.3, -0.25) is 0 Å². The predicted octanol–water partition coefficient (Wildman–Crippen LogP) is 2.54. The van der Waals surface area contributed by atoms with E-state index in [0.717, 1.165) is 18.9 Å². The minimum Gasteiger partial charge on any atom is -0.463 e. The number of hydrogen-bond acceptors (Lipinski definition) is 5. The van der Waals surface area contributed by atoms with Gasteiger partial charge in [0.25, 0.3) is 0 Å². The first-order chi connectivity index (χ1) is 8.97. The highest BCUT2D eigenvalue weighted by molar-refractivity contribution is 6.59. The molecule has 0 unspecified atom stereocenters. The lowest BCUT2D eigenvalue weighted by Gasteiger charge is -2.28. The molecule has 0 amide bonds. The van der Waals surface area contributed by atoms with Gasteiger partial charge in [0.15, 0.2) is 0 Å². The third kappa shape index (κ3) is 8.93. The summed E-state index contributed by atoms with van der Waals surface area (Å²) in [7, 11) is -2.53. The van der Waals surface area contributed by atoms with Crippen molar-refractivity contribution in [1.82, 2.24) is 0 Å². The minimum absolute atomic E-state index is 0.0113. The van der Waals surface area contributed by atoms with Crippen LogP contribution < -0.4 is 0 Å². The van der Waals surface area contributed by atoms with Crippen LogP contribution in [0.3, 0.4) is 0 Å². The van der Waals surface area contributed by atoms with Gasteiger partial charge in [-0.15, -0.1) is 0 Å². The van der Waals surface area contributed by atoms with E-state index in [9.17, 15) is 4.79 Å². The standard InChI is InChI=1S/C13H26O5Si/c1-6-13(14)15-11-9-10-12(4)18-19(5,16-7-2)17-8-3/h6,12H,1,7-11H2,2-5H3/t12-/m1/s1. The second-order valence-corrected chi connectivity index (χ2v) is 6.71. The highest BCUT2D eigenvalue weighted by Crippen LogP contribution is 2.15. The lowest BCUT2D eigenvalue weighted by molar-refractivity contribution is -0.138. The van der Waals surface area contributed by atoms with E-state index in [2.05, 4.69) is 6.58 Å². The van der Waals surface area contributed by atoms with Crippen LogP contribution in [0, 0.1) is 0 Å². The van der Waals surface area contributed by atoms with Gasteiger partial charge in [-0.1, -0.05) is 6.58 Å². The van der Waals surface area contributed by atoms with Crippen molar-refractivity contribution in [3.8, 4) is 0 Å². The summed E-state index contributed by atoms with van der Waals surface area (Å²) in [4.78, 5) is 10.9. The van der Waals surface area contributed by atoms with E-state index < -0.39 is 14.8 Å². The molecule has 0 aliphatic heterocycles. The van der Waals surface area contributed by atoms with Crippen LogP contribution in [0.2, 0.25) is 6.55 Å². The maximum absolute atomic E-state index is 10.9. The number of carbonyl (C=O) groups excluding carboxylic acids is 1. The van der Waals surface area contributed by atoms with E-state index in [1.54, 1.807) is 0 Å². The van der Waals surface area contributed by atoms with Gasteiger partial charge >= 0.3 is 14.8 Å². The van der Waals surface area contributed by atoms with E-state index >= 15 is 0 Å². The fraction of sp³-hybridized carbons (Fsp3) is 0.769. The van der Waals surface area contributed by atoms with Crippen molar-refractivity contribution in [1.29, 1.82) is 0 Å². The van der Waals surface area contributed by atoms with E-state index in [1.165, 1.54) is 0 Å². The molecule has 5 nitrogen and oxygen atoms in total. The fourth-order valence-electron chi connectivity index (χ4n) is 1.66. The Morgan fingerprint density at radius 3 is 2.37 bits per heavy atom. The van der Waals surface area contributed by atoms with Crippen LogP contribution in [-0.2, 0) is 22.8 Å². The first kappa shape index (κ1) is 18.3. The lowest BCUT2D eigenvalue weighted by Crippen LogP contribution is -2.45. The number of esters is 1. The summed E-state index contributed by atoms with van der Waals surface area (Å²) in [5.41, 5.74) is 0. The molecule has 1 atom stereocenters. The SMILES string of the molecule is C=CC(=O)OCCC[C@@H](C)O[Si](C)(OCC)OCC. The Kier molecular flexibility index (Phi) is 9.77. The number of ether oxygens (including phenoxy) is 1. The van der Waals surface area contributed by atoms with E-state index in [4.69, 9.17) is 18.0 Å². The molecule has 0 aromatic carbocycles. The third-order valence-electron chi connectivity index (χ3n) is 2.39. The molecule has 0 saturated heterocycles. The molecule has 112 valence electrons. The normalized spacial score (nSPS) is 13.1. The third-order valence-corrected chi connectivity index (χ3v) is 4.85. The van der Waals surface area contributed by atoms with Gasteiger partial charge in [0.2, 0.25) is 0 Å². The van der Waals surface area contributed by atoms with Gasteiger partial charge in [0.1, 0.15) is 0 Å². The molecule has 0 spiro atoms. The van der Waals surface area contributed by atoms with Gasteiger partial charge < -0.3 is 18.0 Å². The summed E-state index contributed by atoms with van der Waals surface area (Å²) in [6.07, 6.45) is 2.70. The van der Waals surface area contributed by atoms with Gasteiger partial charge in [0, 0.05) is 31.9 Å². The number of carbonyl (C=O) groups is 1. The predicted molar refractivity (Wildman–Crippen MR) is 75.8 cm³/mol. The molecule has 0 rings (SSSR count). The highest BCUT2D eigenvalue weighted by atomic mass is 28.4. The van der Waals surface area contributed by atoms with Crippen molar-refractivity contribution < 1.29 is 22.8 Å². The van der Waals surface area contributed by atoms with E-state index in [1.807, 2.05) is 27.3 Å². The fourth-order valence-corrected chi connectivity index (χ4v) is 3.78. The van der Waals surface area contributed by atoms with Crippen LogP contribution in [0.25, 0.3) is 0 Å². The molecule has 0 heterocycles. The average Bonchev–Trinajstić information content (AvgIpc) is 2.34. The van der Waals surface area contributed by atoms with Crippen molar-refractivity contribution >= 4 is 14.8 Å². The van der Waals surface area contributed by atoms with Crippen LogP contribution >= 0.6 is 0 Å². The Labute approximate surface area is 117 Å². The van der Waals surface area contributed by atoms with Crippen molar-refractivity contribution in [2.24, 2.45) is 0 Å². The number of rotatable bonds is 11. The second-order valence-electron chi connectivity index (χ2n) is 4.17. The van der Waals surface area contributed by atoms with Crippen LogP contribution in [0.1, 0.15) is 33.6 Å². The summed E-state index contributed by atoms with van der Waals surface area (Å²) in [6.45, 7) is 12.6. The van der Waals surface area contributed by atoms with E-state index in [-0.39, 0.29) is 6.10 Å². The molecule has 0 radical (unpaired) electrons. The van der Waals surface area contributed by atoms with Crippen LogP contribution in [0.4, 0.5) is 0 Å². The average molecular weight is 290 g/mol. The monoisotopic (exact) mass is 290 g/mol. The molecule has 0 bridgehead atoms. The molecule has 0 aromatic heterocycles. The first-order valence-corrected chi connectivity index (χ1v) is 8.94. The number of hydrogen-bond donors (Lipinski definition) is 0. The molecule has 0 aliphatic rings. The molecule has 6 heteroatoms. The topological polar surface area (TPSA) is 54.0 Å². The Morgan fingerprint density at radius 1 is 1.32 bits per heavy atom.